The molecule has 0 unspecified atom stereocenters. The Labute approximate surface area is 118 Å². The largest absolute Gasteiger partial charge is 0.476 e. The number of carbonyl (C=O) groups is 1. The van der Waals surface area contributed by atoms with E-state index in [1.54, 1.807) is 0 Å². The van der Waals surface area contributed by atoms with E-state index in [0.717, 1.165) is 6.07 Å². The fourth-order valence-electron chi connectivity index (χ4n) is 1.51. The van der Waals surface area contributed by atoms with Gasteiger partial charge in [0.25, 0.3) is 10.0 Å². The number of carboxylic acid groups (broad SMARTS) is 1. The Morgan fingerprint density at radius 2 is 1.90 bits per heavy atom. The van der Waals surface area contributed by atoms with E-state index in [1.165, 1.54) is 18.3 Å². The minimum absolute atomic E-state index is 0.283. The quantitative estimate of drug-likeness (QED) is 0.898. The summed E-state index contributed by atoms with van der Waals surface area (Å²) in [5, 5.41) is 8.91. The van der Waals surface area contributed by atoms with Crippen LogP contribution in [0.4, 0.5) is 14.5 Å². The first kappa shape index (κ1) is 14.9. The monoisotopic (exact) mass is 314 g/mol. The molecule has 0 radical (unpaired) electrons. The van der Waals surface area contributed by atoms with Crippen molar-refractivity contribution in [3.05, 3.63) is 53.9 Å². The highest BCUT2D eigenvalue weighted by Gasteiger charge is 2.20. The van der Waals surface area contributed by atoms with Crippen molar-refractivity contribution in [2.75, 3.05) is 4.72 Å². The second-order valence-corrected chi connectivity index (χ2v) is 5.57. The molecule has 110 valence electrons. The highest BCUT2D eigenvalue weighted by Crippen LogP contribution is 2.20. The van der Waals surface area contributed by atoms with Crippen LogP contribution >= 0.6 is 0 Å². The summed E-state index contributed by atoms with van der Waals surface area (Å²) in [5.41, 5.74) is -0.793. The molecule has 0 aliphatic carbocycles. The maximum absolute atomic E-state index is 13.1. The smallest absolute Gasteiger partial charge is 0.356 e. The van der Waals surface area contributed by atoms with E-state index in [4.69, 9.17) is 5.11 Å². The Kier molecular flexibility index (Phi) is 3.85. The molecule has 0 aliphatic heterocycles. The second kappa shape index (κ2) is 5.44. The van der Waals surface area contributed by atoms with Crippen LogP contribution in [0, 0.1) is 11.6 Å². The van der Waals surface area contributed by atoms with Crippen molar-refractivity contribution in [1.29, 1.82) is 0 Å². The summed E-state index contributed by atoms with van der Waals surface area (Å²) in [6.07, 6.45) is 1.18. The Morgan fingerprint density at radius 1 is 1.19 bits per heavy atom. The minimum Gasteiger partial charge on any atom is -0.476 e. The molecule has 0 atom stereocenters. The molecule has 0 saturated carbocycles. The fourth-order valence-corrected chi connectivity index (χ4v) is 2.58. The van der Waals surface area contributed by atoms with Gasteiger partial charge in [0.15, 0.2) is 17.3 Å². The van der Waals surface area contributed by atoms with E-state index in [1.807, 2.05) is 4.72 Å². The fraction of sp³-hybridized carbons (Fsp3) is 0. The van der Waals surface area contributed by atoms with Crippen molar-refractivity contribution in [2.45, 2.75) is 4.90 Å². The van der Waals surface area contributed by atoms with Gasteiger partial charge in [-0.1, -0.05) is 0 Å². The van der Waals surface area contributed by atoms with Gasteiger partial charge in [0.1, 0.15) is 0 Å². The van der Waals surface area contributed by atoms with E-state index in [-0.39, 0.29) is 5.69 Å². The molecule has 1 heterocycles. The Hall–Kier alpha value is -2.55. The third-order valence-corrected chi connectivity index (χ3v) is 3.82. The molecule has 6 nitrogen and oxygen atoms in total. The van der Waals surface area contributed by atoms with Gasteiger partial charge in [0.05, 0.1) is 10.6 Å². The maximum atomic E-state index is 13.1. The highest BCUT2D eigenvalue weighted by atomic mass is 32.2. The number of sulfonamides is 1. The predicted molar refractivity (Wildman–Crippen MR) is 68.4 cm³/mol. The summed E-state index contributed by atoms with van der Waals surface area (Å²) in [6, 6.07) is 4.53. The number of aromatic nitrogens is 1. The standard InChI is InChI=1S/C12H8F2N2O4S/c13-8-4-3-7(6-9(8)14)21(19,20)16-10-2-1-5-15-11(10)12(17)18/h1-6,16H,(H,17,18). The number of carboxylic acids is 1. The molecular formula is C12H8F2N2O4S. The SMILES string of the molecule is O=C(O)c1ncccc1NS(=O)(=O)c1ccc(F)c(F)c1. The van der Waals surface area contributed by atoms with Crippen LogP contribution in [0.25, 0.3) is 0 Å². The number of nitrogens with one attached hydrogen (secondary N) is 1. The predicted octanol–water partition coefficient (Wildman–Crippen LogP) is 1.86. The molecule has 9 heteroatoms. The molecule has 21 heavy (non-hydrogen) atoms. The third-order valence-electron chi connectivity index (χ3n) is 2.46. The van der Waals surface area contributed by atoms with Crippen molar-refractivity contribution in [1.82, 2.24) is 4.98 Å². The average molecular weight is 314 g/mol. The second-order valence-electron chi connectivity index (χ2n) is 3.89. The number of pyridine rings is 1. The molecule has 0 fully saturated rings. The van der Waals surface area contributed by atoms with Crippen molar-refractivity contribution < 1.29 is 27.1 Å². The molecule has 2 aromatic rings. The zero-order valence-corrected chi connectivity index (χ0v) is 11.1. The molecular weight excluding hydrogens is 306 g/mol. The molecule has 1 aromatic heterocycles. The molecule has 0 amide bonds. The number of hydrogen-bond donors (Lipinski definition) is 2. The first-order valence-corrected chi connectivity index (χ1v) is 6.96. The van der Waals surface area contributed by atoms with Crippen LogP contribution in [0.2, 0.25) is 0 Å². The van der Waals surface area contributed by atoms with Crippen LogP contribution in [-0.2, 0) is 10.0 Å². The number of anilines is 1. The van der Waals surface area contributed by atoms with Gasteiger partial charge in [-0.2, -0.15) is 0 Å². The summed E-state index contributed by atoms with van der Waals surface area (Å²) < 4.78 is 51.9. The number of aromatic carboxylic acids is 1. The Bertz CT molecular complexity index is 809. The number of benzene rings is 1. The van der Waals surface area contributed by atoms with Gasteiger partial charge in [-0.15, -0.1) is 0 Å². The first-order valence-electron chi connectivity index (χ1n) is 5.47. The lowest BCUT2D eigenvalue weighted by Crippen LogP contribution is -2.16. The van der Waals surface area contributed by atoms with E-state index in [2.05, 4.69) is 4.98 Å². The molecule has 1 aromatic carbocycles. The van der Waals surface area contributed by atoms with Crippen LogP contribution in [0.3, 0.4) is 0 Å². The normalized spacial score (nSPS) is 11.1. The van der Waals surface area contributed by atoms with E-state index >= 15 is 0 Å². The summed E-state index contributed by atoms with van der Waals surface area (Å²) in [7, 11) is -4.27. The lowest BCUT2D eigenvalue weighted by atomic mass is 10.3. The topological polar surface area (TPSA) is 96.4 Å². The van der Waals surface area contributed by atoms with Crippen molar-refractivity contribution in [3.8, 4) is 0 Å². The summed E-state index contributed by atoms with van der Waals surface area (Å²) in [4.78, 5) is 13.9. The summed E-state index contributed by atoms with van der Waals surface area (Å²) in [6.45, 7) is 0. The van der Waals surface area contributed by atoms with Crippen LogP contribution in [-0.4, -0.2) is 24.5 Å². The zero-order chi connectivity index (χ0) is 15.6. The van der Waals surface area contributed by atoms with Crippen LogP contribution < -0.4 is 4.72 Å². The maximum Gasteiger partial charge on any atom is 0.356 e. The zero-order valence-electron chi connectivity index (χ0n) is 10.2. The molecule has 0 spiro atoms. The van der Waals surface area contributed by atoms with Gasteiger partial charge in [-0.3, -0.25) is 4.72 Å². The summed E-state index contributed by atoms with van der Waals surface area (Å²) in [5.74, 6) is -3.96. The van der Waals surface area contributed by atoms with E-state index in [0.29, 0.717) is 12.1 Å². The lowest BCUT2D eigenvalue weighted by molar-refractivity contribution is 0.0692. The molecule has 0 aliphatic rings. The van der Waals surface area contributed by atoms with Crippen molar-refractivity contribution >= 4 is 21.7 Å². The molecule has 0 saturated heterocycles. The van der Waals surface area contributed by atoms with Gasteiger partial charge in [-0.25, -0.2) is 27.0 Å². The Balaban J connectivity index is 2.42. The average Bonchev–Trinajstić information content (AvgIpc) is 2.41. The first-order chi connectivity index (χ1) is 9.81. The summed E-state index contributed by atoms with van der Waals surface area (Å²) >= 11 is 0. The number of rotatable bonds is 4. The molecule has 2 rings (SSSR count). The van der Waals surface area contributed by atoms with Gasteiger partial charge in [-0.05, 0) is 30.3 Å². The third kappa shape index (κ3) is 3.14. The Morgan fingerprint density at radius 3 is 2.52 bits per heavy atom. The van der Waals surface area contributed by atoms with E-state index in [9.17, 15) is 22.0 Å². The number of nitrogens with zero attached hydrogens (tertiary/aromatic N) is 1. The van der Waals surface area contributed by atoms with Gasteiger partial charge < -0.3 is 5.11 Å². The van der Waals surface area contributed by atoms with Gasteiger partial charge in [0.2, 0.25) is 0 Å². The molecule has 2 N–H and O–H groups in total. The lowest BCUT2D eigenvalue weighted by Gasteiger charge is -2.09. The highest BCUT2D eigenvalue weighted by molar-refractivity contribution is 7.92. The van der Waals surface area contributed by atoms with Crippen LogP contribution in [0.5, 0.6) is 0 Å². The van der Waals surface area contributed by atoms with Crippen molar-refractivity contribution in [3.63, 3.8) is 0 Å². The van der Waals surface area contributed by atoms with Gasteiger partial charge in [0, 0.05) is 6.20 Å². The van der Waals surface area contributed by atoms with Crippen molar-refractivity contribution in [2.24, 2.45) is 0 Å². The minimum atomic E-state index is -4.27. The van der Waals surface area contributed by atoms with E-state index < -0.39 is 38.2 Å². The van der Waals surface area contributed by atoms with Crippen LogP contribution in [0.15, 0.2) is 41.4 Å². The van der Waals surface area contributed by atoms with Crippen LogP contribution in [0.1, 0.15) is 10.5 Å². The number of hydrogen-bond acceptors (Lipinski definition) is 4. The molecule has 0 bridgehead atoms. The number of halogens is 2. The van der Waals surface area contributed by atoms with Gasteiger partial charge >= 0.3 is 5.97 Å².